The molecule has 0 aromatic heterocycles. The second-order valence-corrected chi connectivity index (χ2v) is 6.02. The minimum absolute atomic E-state index is 0.223. The van der Waals surface area contributed by atoms with Crippen LogP contribution in [0.5, 0.6) is 0 Å². The van der Waals surface area contributed by atoms with Crippen molar-refractivity contribution >= 4 is 11.6 Å². The Morgan fingerprint density at radius 2 is 1.75 bits per heavy atom. The summed E-state index contributed by atoms with van der Waals surface area (Å²) < 4.78 is 0. The van der Waals surface area contributed by atoms with E-state index >= 15 is 0 Å². The van der Waals surface area contributed by atoms with E-state index in [0.717, 1.165) is 37.9 Å². The fraction of sp³-hybridized carbons (Fsp3) is 0.562. The molecular formula is C16H23N3O. The topological polar surface area (TPSA) is 58.4 Å². The zero-order valence-electron chi connectivity index (χ0n) is 11.8. The SMILES string of the molecule is NC1CCC(NC2CC(=O)N(c3ccccc3)C2)CC1. The summed E-state index contributed by atoms with van der Waals surface area (Å²) in [4.78, 5) is 14.0. The molecule has 1 aromatic rings. The third kappa shape index (κ3) is 3.02. The van der Waals surface area contributed by atoms with Gasteiger partial charge < -0.3 is 16.0 Å². The summed E-state index contributed by atoms with van der Waals surface area (Å²) in [6, 6.07) is 11.1. The Labute approximate surface area is 120 Å². The molecule has 1 unspecified atom stereocenters. The average molecular weight is 273 g/mol. The quantitative estimate of drug-likeness (QED) is 0.880. The van der Waals surface area contributed by atoms with E-state index in [1.807, 2.05) is 35.2 Å². The number of hydrogen-bond donors (Lipinski definition) is 2. The molecule has 1 atom stereocenters. The number of nitrogens with one attached hydrogen (secondary N) is 1. The predicted molar refractivity (Wildman–Crippen MR) is 80.6 cm³/mol. The van der Waals surface area contributed by atoms with Crippen LogP contribution in [0.3, 0.4) is 0 Å². The first-order chi connectivity index (χ1) is 9.72. The summed E-state index contributed by atoms with van der Waals surface area (Å²) in [5.74, 6) is 0.223. The Hall–Kier alpha value is -1.39. The lowest BCUT2D eigenvalue weighted by Crippen LogP contribution is -2.43. The van der Waals surface area contributed by atoms with Crippen molar-refractivity contribution in [1.82, 2.24) is 5.32 Å². The van der Waals surface area contributed by atoms with Crippen molar-refractivity contribution in [2.24, 2.45) is 5.73 Å². The van der Waals surface area contributed by atoms with Crippen molar-refractivity contribution < 1.29 is 4.79 Å². The van der Waals surface area contributed by atoms with Gasteiger partial charge in [0.2, 0.25) is 5.91 Å². The smallest absolute Gasteiger partial charge is 0.228 e. The van der Waals surface area contributed by atoms with Crippen LogP contribution in [0.4, 0.5) is 5.69 Å². The van der Waals surface area contributed by atoms with E-state index < -0.39 is 0 Å². The monoisotopic (exact) mass is 273 g/mol. The molecule has 1 aliphatic heterocycles. The summed E-state index contributed by atoms with van der Waals surface area (Å²) in [6.07, 6.45) is 5.08. The van der Waals surface area contributed by atoms with Crippen LogP contribution in [0, 0.1) is 0 Å². The normalized spacial score (nSPS) is 30.8. The molecule has 0 spiro atoms. The van der Waals surface area contributed by atoms with Gasteiger partial charge in [-0.25, -0.2) is 0 Å². The fourth-order valence-electron chi connectivity index (χ4n) is 3.30. The highest BCUT2D eigenvalue weighted by atomic mass is 16.2. The van der Waals surface area contributed by atoms with E-state index in [1.165, 1.54) is 0 Å². The number of carbonyl (C=O) groups is 1. The maximum atomic E-state index is 12.1. The van der Waals surface area contributed by atoms with Crippen LogP contribution < -0.4 is 16.0 Å². The second kappa shape index (κ2) is 5.94. The average Bonchev–Trinajstić information content (AvgIpc) is 2.83. The highest BCUT2D eigenvalue weighted by Gasteiger charge is 2.32. The number of amides is 1. The first-order valence-corrected chi connectivity index (χ1v) is 7.59. The standard InChI is InChI=1S/C16H23N3O/c17-12-6-8-13(9-7-12)18-14-10-16(20)19(11-14)15-4-2-1-3-5-15/h1-5,12-14,18H,6-11,17H2. The van der Waals surface area contributed by atoms with Gasteiger partial charge >= 0.3 is 0 Å². The molecule has 0 radical (unpaired) electrons. The predicted octanol–water partition coefficient (Wildman–Crippen LogP) is 1.65. The highest BCUT2D eigenvalue weighted by molar-refractivity contribution is 5.96. The van der Waals surface area contributed by atoms with Gasteiger partial charge in [0.1, 0.15) is 0 Å². The number of para-hydroxylation sites is 1. The van der Waals surface area contributed by atoms with Gasteiger partial charge in [0, 0.05) is 36.8 Å². The van der Waals surface area contributed by atoms with E-state index in [1.54, 1.807) is 0 Å². The summed E-state index contributed by atoms with van der Waals surface area (Å²) in [5.41, 5.74) is 6.94. The van der Waals surface area contributed by atoms with E-state index in [-0.39, 0.29) is 11.9 Å². The minimum Gasteiger partial charge on any atom is -0.328 e. The summed E-state index contributed by atoms with van der Waals surface area (Å²) >= 11 is 0. The molecule has 1 aliphatic carbocycles. The number of rotatable bonds is 3. The molecule has 4 nitrogen and oxygen atoms in total. The maximum absolute atomic E-state index is 12.1. The lowest BCUT2D eigenvalue weighted by molar-refractivity contribution is -0.117. The van der Waals surface area contributed by atoms with Crippen molar-refractivity contribution in [2.75, 3.05) is 11.4 Å². The first kappa shape index (κ1) is 13.6. The molecule has 2 fully saturated rings. The van der Waals surface area contributed by atoms with Crippen LogP contribution in [-0.4, -0.2) is 30.6 Å². The number of hydrogen-bond acceptors (Lipinski definition) is 3. The van der Waals surface area contributed by atoms with Crippen molar-refractivity contribution in [2.45, 2.75) is 50.2 Å². The molecule has 3 N–H and O–H groups in total. The van der Waals surface area contributed by atoms with Gasteiger partial charge in [-0.05, 0) is 37.8 Å². The highest BCUT2D eigenvalue weighted by Crippen LogP contribution is 2.23. The van der Waals surface area contributed by atoms with Crippen LogP contribution in [-0.2, 0) is 4.79 Å². The third-order valence-electron chi connectivity index (χ3n) is 4.44. The van der Waals surface area contributed by atoms with Crippen LogP contribution >= 0.6 is 0 Å². The van der Waals surface area contributed by atoms with Crippen molar-refractivity contribution in [3.05, 3.63) is 30.3 Å². The number of carbonyl (C=O) groups excluding carboxylic acids is 1. The molecule has 108 valence electrons. The molecule has 20 heavy (non-hydrogen) atoms. The molecule has 4 heteroatoms. The Balaban J connectivity index is 1.57. The lowest BCUT2D eigenvalue weighted by atomic mass is 9.91. The van der Waals surface area contributed by atoms with E-state index in [2.05, 4.69) is 5.32 Å². The van der Waals surface area contributed by atoms with Crippen LogP contribution in [0.2, 0.25) is 0 Å². The molecule has 1 aromatic carbocycles. The van der Waals surface area contributed by atoms with Gasteiger partial charge in [-0.1, -0.05) is 18.2 Å². The van der Waals surface area contributed by atoms with Gasteiger partial charge in [0.25, 0.3) is 0 Å². The Morgan fingerprint density at radius 1 is 1.05 bits per heavy atom. The number of nitrogens with two attached hydrogens (primary N) is 1. The second-order valence-electron chi connectivity index (χ2n) is 6.02. The minimum atomic E-state index is 0.223. The fourth-order valence-corrected chi connectivity index (χ4v) is 3.30. The molecule has 1 amide bonds. The van der Waals surface area contributed by atoms with Crippen LogP contribution in [0.15, 0.2) is 30.3 Å². The zero-order chi connectivity index (χ0) is 13.9. The Morgan fingerprint density at radius 3 is 2.45 bits per heavy atom. The molecule has 1 heterocycles. The van der Waals surface area contributed by atoms with E-state index in [0.29, 0.717) is 18.5 Å². The number of nitrogens with zero attached hydrogens (tertiary/aromatic N) is 1. The van der Waals surface area contributed by atoms with Gasteiger partial charge in [0.15, 0.2) is 0 Å². The number of anilines is 1. The van der Waals surface area contributed by atoms with Crippen molar-refractivity contribution in [3.8, 4) is 0 Å². The third-order valence-corrected chi connectivity index (χ3v) is 4.44. The van der Waals surface area contributed by atoms with E-state index in [9.17, 15) is 4.79 Å². The lowest BCUT2D eigenvalue weighted by Gasteiger charge is -2.29. The van der Waals surface area contributed by atoms with Gasteiger partial charge in [0.05, 0.1) is 0 Å². The molecule has 0 bridgehead atoms. The molecule has 1 saturated heterocycles. The van der Waals surface area contributed by atoms with Crippen molar-refractivity contribution in [3.63, 3.8) is 0 Å². The Bertz CT molecular complexity index is 454. The summed E-state index contributed by atoms with van der Waals surface area (Å²) in [5, 5.41) is 3.65. The van der Waals surface area contributed by atoms with Crippen molar-refractivity contribution in [1.29, 1.82) is 0 Å². The maximum Gasteiger partial charge on any atom is 0.228 e. The largest absolute Gasteiger partial charge is 0.328 e. The van der Waals surface area contributed by atoms with Gasteiger partial charge in [-0.2, -0.15) is 0 Å². The van der Waals surface area contributed by atoms with Gasteiger partial charge in [-0.3, -0.25) is 4.79 Å². The molecule has 2 aliphatic rings. The van der Waals surface area contributed by atoms with Crippen LogP contribution in [0.1, 0.15) is 32.1 Å². The number of benzene rings is 1. The zero-order valence-corrected chi connectivity index (χ0v) is 11.8. The van der Waals surface area contributed by atoms with Crippen LogP contribution in [0.25, 0.3) is 0 Å². The molecule has 1 saturated carbocycles. The summed E-state index contributed by atoms with van der Waals surface area (Å²) in [6.45, 7) is 0.783. The Kier molecular flexibility index (Phi) is 4.03. The molecule has 3 rings (SSSR count). The summed E-state index contributed by atoms with van der Waals surface area (Å²) in [7, 11) is 0. The first-order valence-electron chi connectivity index (χ1n) is 7.59. The molecular weight excluding hydrogens is 250 g/mol. The van der Waals surface area contributed by atoms with E-state index in [4.69, 9.17) is 5.73 Å². The van der Waals surface area contributed by atoms with Gasteiger partial charge in [-0.15, -0.1) is 0 Å².